The van der Waals surface area contributed by atoms with Gasteiger partial charge in [-0.1, -0.05) is 0 Å². The van der Waals surface area contributed by atoms with Crippen LogP contribution in [-0.4, -0.2) is 22.7 Å². The first kappa shape index (κ1) is 11.8. The van der Waals surface area contributed by atoms with Crippen LogP contribution in [0.25, 0.3) is 5.69 Å². The highest BCUT2D eigenvalue weighted by Gasteiger charge is 2.26. The molecule has 1 aliphatic rings. The molecule has 5 nitrogen and oxygen atoms in total. The van der Waals surface area contributed by atoms with Crippen molar-refractivity contribution >= 4 is 11.6 Å². The molecular weight excluding hydrogens is 240 g/mol. The van der Waals surface area contributed by atoms with Crippen molar-refractivity contribution in [2.45, 2.75) is 18.8 Å². The van der Waals surface area contributed by atoms with E-state index in [1.165, 1.54) is 12.8 Å². The molecule has 0 bridgehead atoms. The van der Waals surface area contributed by atoms with Gasteiger partial charge in [-0.05, 0) is 37.1 Å². The molecule has 5 heteroatoms. The van der Waals surface area contributed by atoms with Crippen molar-refractivity contribution in [3.63, 3.8) is 0 Å². The van der Waals surface area contributed by atoms with Gasteiger partial charge in [0.2, 0.25) is 0 Å². The third kappa shape index (κ3) is 2.19. The third-order valence-corrected chi connectivity index (χ3v) is 3.37. The van der Waals surface area contributed by atoms with Gasteiger partial charge < -0.3 is 11.1 Å². The van der Waals surface area contributed by atoms with Crippen molar-refractivity contribution < 1.29 is 4.79 Å². The predicted octanol–water partition coefficient (Wildman–Crippen LogP) is 1.69. The number of carbonyl (C=O) groups is 1. The highest BCUT2D eigenvalue weighted by molar-refractivity contribution is 5.95. The lowest BCUT2D eigenvalue weighted by molar-refractivity contribution is 0.0963. The SMILES string of the molecule is CNC(=O)c1ccc(-n2ccc(C3CC3)n2)c(N)c1. The smallest absolute Gasteiger partial charge is 0.251 e. The lowest BCUT2D eigenvalue weighted by atomic mass is 10.1. The van der Waals surface area contributed by atoms with Crippen LogP contribution in [0.3, 0.4) is 0 Å². The quantitative estimate of drug-likeness (QED) is 0.821. The molecule has 98 valence electrons. The fourth-order valence-corrected chi connectivity index (χ4v) is 2.12. The Hall–Kier alpha value is -2.30. The van der Waals surface area contributed by atoms with Crippen LogP contribution in [0.2, 0.25) is 0 Å². The van der Waals surface area contributed by atoms with Crippen LogP contribution in [0.5, 0.6) is 0 Å². The number of rotatable bonds is 3. The van der Waals surface area contributed by atoms with Crippen LogP contribution in [0.4, 0.5) is 5.69 Å². The molecule has 0 saturated heterocycles. The molecule has 0 radical (unpaired) electrons. The molecule has 1 heterocycles. The minimum Gasteiger partial charge on any atom is -0.397 e. The van der Waals surface area contributed by atoms with E-state index in [0.29, 0.717) is 17.2 Å². The topological polar surface area (TPSA) is 72.9 Å². The summed E-state index contributed by atoms with van der Waals surface area (Å²) in [5, 5.41) is 7.11. The van der Waals surface area contributed by atoms with E-state index in [1.54, 1.807) is 23.9 Å². The summed E-state index contributed by atoms with van der Waals surface area (Å²) in [6, 6.07) is 7.28. The molecule has 19 heavy (non-hydrogen) atoms. The largest absolute Gasteiger partial charge is 0.397 e. The molecule has 1 fully saturated rings. The van der Waals surface area contributed by atoms with Crippen molar-refractivity contribution in [3.8, 4) is 5.69 Å². The van der Waals surface area contributed by atoms with E-state index < -0.39 is 0 Å². The summed E-state index contributed by atoms with van der Waals surface area (Å²) >= 11 is 0. The maximum atomic E-state index is 11.5. The number of aromatic nitrogens is 2. The molecule has 3 N–H and O–H groups in total. The molecule has 3 rings (SSSR count). The Bertz CT molecular complexity index is 628. The zero-order valence-electron chi connectivity index (χ0n) is 10.8. The van der Waals surface area contributed by atoms with Gasteiger partial charge in [-0.2, -0.15) is 5.10 Å². The van der Waals surface area contributed by atoms with Crippen molar-refractivity contribution in [3.05, 3.63) is 41.7 Å². The molecule has 1 amide bonds. The second-order valence-corrected chi connectivity index (χ2v) is 4.81. The van der Waals surface area contributed by atoms with Gasteiger partial charge in [0.15, 0.2) is 0 Å². The number of nitrogens with two attached hydrogens (primary N) is 1. The fraction of sp³-hybridized carbons (Fsp3) is 0.286. The molecule has 1 aromatic carbocycles. The number of nitrogen functional groups attached to an aromatic ring is 1. The maximum Gasteiger partial charge on any atom is 0.251 e. The highest BCUT2D eigenvalue weighted by atomic mass is 16.1. The van der Waals surface area contributed by atoms with Crippen molar-refractivity contribution in [2.24, 2.45) is 0 Å². The second kappa shape index (κ2) is 4.42. The van der Waals surface area contributed by atoms with E-state index >= 15 is 0 Å². The molecule has 0 atom stereocenters. The van der Waals surface area contributed by atoms with Gasteiger partial charge in [-0.25, -0.2) is 4.68 Å². The van der Waals surface area contributed by atoms with Crippen LogP contribution < -0.4 is 11.1 Å². The van der Waals surface area contributed by atoms with Gasteiger partial charge in [0.05, 0.1) is 17.1 Å². The number of nitrogens with zero attached hydrogens (tertiary/aromatic N) is 2. The van der Waals surface area contributed by atoms with Crippen LogP contribution in [0, 0.1) is 0 Å². The summed E-state index contributed by atoms with van der Waals surface area (Å²) < 4.78 is 1.77. The van der Waals surface area contributed by atoms with Gasteiger partial charge in [0.25, 0.3) is 5.91 Å². The number of anilines is 1. The Morgan fingerprint density at radius 3 is 2.84 bits per heavy atom. The van der Waals surface area contributed by atoms with E-state index in [0.717, 1.165) is 11.4 Å². The van der Waals surface area contributed by atoms with E-state index in [9.17, 15) is 4.79 Å². The zero-order chi connectivity index (χ0) is 13.4. The molecule has 2 aromatic rings. The Labute approximate surface area is 111 Å². The number of amides is 1. The standard InChI is InChI=1S/C14H16N4O/c1-16-14(19)10-4-5-13(11(15)8-10)18-7-6-12(17-18)9-2-3-9/h4-9H,2-3,15H2,1H3,(H,16,19). The average Bonchev–Trinajstić information content (AvgIpc) is 3.16. The van der Waals surface area contributed by atoms with Crippen molar-refractivity contribution in [1.82, 2.24) is 15.1 Å². The maximum absolute atomic E-state index is 11.5. The number of benzene rings is 1. The van der Waals surface area contributed by atoms with Gasteiger partial charge >= 0.3 is 0 Å². The fourth-order valence-electron chi connectivity index (χ4n) is 2.12. The summed E-state index contributed by atoms with van der Waals surface area (Å²) in [5.74, 6) is 0.477. The molecule has 0 aliphatic heterocycles. The first-order chi connectivity index (χ1) is 9.19. The van der Waals surface area contributed by atoms with E-state index in [2.05, 4.69) is 10.4 Å². The lowest BCUT2D eigenvalue weighted by Crippen LogP contribution is -2.18. The number of nitrogens with one attached hydrogen (secondary N) is 1. The Morgan fingerprint density at radius 2 is 2.21 bits per heavy atom. The van der Waals surface area contributed by atoms with Gasteiger partial charge in [0, 0.05) is 24.7 Å². The Morgan fingerprint density at radius 1 is 1.42 bits per heavy atom. The Balaban J connectivity index is 1.93. The lowest BCUT2D eigenvalue weighted by Gasteiger charge is -2.07. The summed E-state index contributed by atoms with van der Waals surface area (Å²) in [6.07, 6.45) is 4.36. The van der Waals surface area contributed by atoms with Crippen molar-refractivity contribution in [1.29, 1.82) is 0 Å². The van der Waals surface area contributed by atoms with Gasteiger partial charge in [0.1, 0.15) is 0 Å². The summed E-state index contributed by atoms with van der Waals surface area (Å²) in [7, 11) is 1.60. The van der Waals surface area contributed by atoms with E-state index in [1.807, 2.05) is 18.3 Å². The number of hydrogen-bond donors (Lipinski definition) is 2. The Kier molecular flexibility index (Phi) is 2.74. The second-order valence-electron chi connectivity index (χ2n) is 4.81. The van der Waals surface area contributed by atoms with Crippen LogP contribution in [0.15, 0.2) is 30.5 Å². The van der Waals surface area contributed by atoms with Crippen LogP contribution in [-0.2, 0) is 0 Å². The molecule has 1 aromatic heterocycles. The first-order valence-corrected chi connectivity index (χ1v) is 6.36. The summed E-state index contributed by atoms with van der Waals surface area (Å²) in [4.78, 5) is 11.5. The summed E-state index contributed by atoms with van der Waals surface area (Å²) in [5.41, 5.74) is 9.03. The highest BCUT2D eigenvalue weighted by Crippen LogP contribution is 2.39. The van der Waals surface area contributed by atoms with Crippen molar-refractivity contribution in [2.75, 3.05) is 12.8 Å². The van der Waals surface area contributed by atoms with Crippen LogP contribution >= 0.6 is 0 Å². The zero-order valence-corrected chi connectivity index (χ0v) is 10.8. The predicted molar refractivity (Wildman–Crippen MR) is 73.3 cm³/mol. The third-order valence-electron chi connectivity index (χ3n) is 3.37. The van der Waals surface area contributed by atoms with Gasteiger partial charge in [-0.3, -0.25) is 4.79 Å². The van der Waals surface area contributed by atoms with Crippen LogP contribution in [0.1, 0.15) is 34.8 Å². The minimum atomic E-state index is -0.141. The first-order valence-electron chi connectivity index (χ1n) is 6.36. The summed E-state index contributed by atoms with van der Waals surface area (Å²) in [6.45, 7) is 0. The van der Waals surface area contributed by atoms with Gasteiger partial charge in [-0.15, -0.1) is 0 Å². The number of hydrogen-bond acceptors (Lipinski definition) is 3. The molecule has 0 unspecified atom stereocenters. The molecular formula is C14H16N4O. The average molecular weight is 256 g/mol. The minimum absolute atomic E-state index is 0.141. The normalized spacial score (nSPS) is 14.4. The van der Waals surface area contributed by atoms with E-state index in [4.69, 9.17) is 5.73 Å². The number of carbonyl (C=O) groups excluding carboxylic acids is 1. The van der Waals surface area contributed by atoms with E-state index in [-0.39, 0.29) is 5.91 Å². The molecule has 1 aliphatic carbocycles. The molecule has 1 saturated carbocycles. The monoisotopic (exact) mass is 256 g/mol. The molecule has 0 spiro atoms.